The van der Waals surface area contributed by atoms with E-state index < -0.39 is 26.2 Å². The second kappa shape index (κ2) is 14.7. The van der Waals surface area contributed by atoms with Crippen LogP contribution in [0.4, 0.5) is 5.69 Å². The molecule has 0 unspecified atom stereocenters. The molecule has 4 heterocycles. The summed E-state index contributed by atoms with van der Waals surface area (Å²) in [5, 5.41) is 13.6. The first-order valence-corrected chi connectivity index (χ1v) is 18.5. The fraction of sp³-hybridized carbons (Fsp3) is 0.395. The fourth-order valence-corrected chi connectivity index (χ4v) is 8.49. The number of carbonyl (C=O) groups is 2. The number of pyridine rings is 1. The molecule has 4 fully saturated rings. The maximum Gasteiger partial charge on any atom is 0.317 e. The number of hydrogen-bond donors (Lipinski definition) is 2. The van der Waals surface area contributed by atoms with Gasteiger partial charge in [-0.3, -0.25) is 14.6 Å². The number of phenolic OH excluding ortho intramolecular Hbond substituents is 1. The van der Waals surface area contributed by atoms with Gasteiger partial charge in [0.2, 0.25) is 0 Å². The quantitative estimate of drug-likeness (QED) is 0.106. The molecule has 3 aliphatic heterocycles. The van der Waals surface area contributed by atoms with E-state index in [1.165, 1.54) is 18.9 Å². The van der Waals surface area contributed by atoms with Gasteiger partial charge in [0.15, 0.2) is 12.6 Å². The summed E-state index contributed by atoms with van der Waals surface area (Å²) in [7, 11) is -4.62. The summed E-state index contributed by atoms with van der Waals surface area (Å²) in [6.45, 7) is 3.10. The van der Waals surface area contributed by atoms with Gasteiger partial charge in [-0.15, -0.1) is 0 Å². The third kappa shape index (κ3) is 7.79. The van der Waals surface area contributed by atoms with Gasteiger partial charge in [-0.05, 0) is 42.0 Å². The van der Waals surface area contributed by atoms with Gasteiger partial charge in [0.1, 0.15) is 22.4 Å². The Morgan fingerprint density at radius 2 is 1.61 bits per heavy atom. The van der Waals surface area contributed by atoms with Crippen LogP contribution >= 0.6 is 0 Å². The normalized spacial score (nSPS) is 23.0. The number of fused-ring (bicyclic) bond motifs is 4. The van der Waals surface area contributed by atoms with Crippen molar-refractivity contribution >= 4 is 38.5 Å². The lowest BCUT2D eigenvalue weighted by Crippen LogP contribution is -2.66. The molecule has 2 N–H and O–H groups in total. The van der Waals surface area contributed by atoms with Gasteiger partial charge in [-0.2, -0.15) is 0 Å². The lowest BCUT2D eigenvalue weighted by Gasteiger charge is -2.52. The summed E-state index contributed by atoms with van der Waals surface area (Å²) in [6, 6.07) is 23.2. The second-order valence-electron chi connectivity index (χ2n) is 13.7. The van der Waals surface area contributed by atoms with Gasteiger partial charge in [0, 0.05) is 30.3 Å². The van der Waals surface area contributed by atoms with Crippen LogP contribution in [0.25, 0.3) is 10.8 Å². The summed E-state index contributed by atoms with van der Waals surface area (Å²) in [5.41, 5.74) is 1.29. The van der Waals surface area contributed by atoms with Crippen LogP contribution in [0.2, 0.25) is 0 Å². The van der Waals surface area contributed by atoms with Crippen molar-refractivity contribution < 1.29 is 36.9 Å². The number of nitrogens with zero attached hydrogens (tertiary/aromatic N) is 2. The minimum atomic E-state index is -4.62. The summed E-state index contributed by atoms with van der Waals surface area (Å²) in [6.07, 6.45) is 11.5. The van der Waals surface area contributed by atoms with E-state index in [9.17, 15) is 27.7 Å². The van der Waals surface area contributed by atoms with Crippen molar-refractivity contribution in [2.45, 2.75) is 67.8 Å². The number of esters is 1. The summed E-state index contributed by atoms with van der Waals surface area (Å²) in [5.74, 6) is -0.118. The lowest BCUT2D eigenvalue weighted by atomic mass is 9.74. The van der Waals surface area contributed by atoms with Crippen molar-refractivity contribution in [3.8, 4) is 5.75 Å². The highest BCUT2D eigenvalue weighted by atomic mass is 32.2. The minimum absolute atomic E-state index is 0.00273. The van der Waals surface area contributed by atoms with E-state index in [0.717, 1.165) is 75.5 Å². The summed E-state index contributed by atoms with van der Waals surface area (Å²) >= 11 is 0. The van der Waals surface area contributed by atoms with Crippen LogP contribution in [0.3, 0.4) is 0 Å². The van der Waals surface area contributed by atoms with Gasteiger partial charge < -0.3 is 24.2 Å². The molecule has 3 saturated heterocycles. The monoisotopic (exact) mass is 685 g/mol. The molecule has 11 heteroatoms. The molecule has 258 valence electrons. The van der Waals surface area contributed by atoms with Crippen molar-refractivity contribution in [2.24, 2.45) is 5.92 Å². The molecule has 2 bridgehead atoms. The lowest BCUT2D eigenvalue weighted by molar-refractivity contribution is -0.939. The van der Waals surface area contributed by atoms with Crippen LogP contribution in [0, 0.1) is 5.92 Å². The number of phenols is 1. The summed E-state index contributed by atoms with van der Waals surface area (Å²) in [4.78, 5) is 30.2. The minimum Gasteiger partial charge on any atom is -0.744 e. The SMILES string of the molecule is O=C(C[N+]12CCC(CC1)[C@@H](OC(=O)C1(c3ccccc3)CCCCCC1)C2)Nc1cccnc1.O=S(=O)([O-])c1ccc2ccccc2c1O. The zero-order valence-corrected chi connectivity index (χ0v) is 28.3. The number of piperidine rings is 3. The standard InChI is InChI=1S/C28H35N3O3.C10H8O4S/c32-26(30-24-11-8-16-29-19-24)21-31-17-12-22(13-18-31)25(20-31)34-27(33)28(14-6-1-2-7-15-28)23-9-4-3-5-10-23;11-10-8-4-2-1-3-7(8)5-6-9(10)15(12,13)14/h3-5,8-11,16,19,22,25H,1-2,6-7,12-15,17-18,20-21H2;1-6,11H,(H,12,13,14)/t22?,25-,31?;/m0./s1. The zero-order chi connectivity index (χ0) is 34.5. The molecule has 1 amide bonds. The second-order valence-corrected chi connectivity index (χ2v) is 15.0. The molecule has 10 nitrogen and oxygen atoms in total. The predicted octanol–water partition coefficient (Wildman–Crippen LogP) is 5.91. The van der Waals surface area contributed by atoms with E-state index in [0.29, 0.717) is 27.7 Å². The molecule has 1 aromatic heterocycles. The molecule has 1 aliphatic carbocycles. The number of amides is 1. The van der Waals surface area contributed by atoms with Gasteiger partial charge in [-0.25, -0.2) is 8.42 Å². The van der Waals surface area contributed by atoms with Crippen molar-refractivity contribution in [1.29, 1.82) is 0 Å². The Morgan fingerprint density at radius 1 is 0.918 bits per heavy atom. The van der Waals surface area contributed by atoms with Crippen LogP contribution in [-0.4, -0.2) is 71.7 Å². The number of ether oxygens (including phenoxy) is 1. The van der Waals surface area contributed by atoms with E-state index >= 15 is 0 Å². The van der Waals surface area contributed by atoms with E-state index in [2.05, 4.69) is 22.4 Å². The molecule has 49 heavy (non-hydrogen) atoms. The van der Waals surface area contributed by atoms with E-state index in [1.807, 2.05) is 30.3 Å². The predicted molar refractivity (Wildman–Crippen MR) is 185 cm³/mol. The average Bonchev–Trinajstić information content (AvgIpc) is 3.37. The van der Waals surface area contributed by atoms with Crippen molar-refractivity contribution in [1.82, 2.24) is 4.98 Å². The van der Waals surface area contributed by atoms with Crippen LogP contribution in [0.1, 0.15) is 56.9 Å². The third-order valence-corrected chi connectivity index (χ3v) is 11.4. The highest BCUT2D eigenvalue weighted by Crippen LogP contribution is 2.42. The van der Waals surface area contributed by atoms with Gasteiger partial charge >= 0.3 is 5.97 Å². The molecule has 0 spiro atoms. The highest BCUT2D eigenvalue weighted by molar-refractivity contribution is 7.85. The number of aromatic hydroxyl groups is 1. The van der Waals surface area contributed by atoms with E-state index in [4.69, 9.17) is 4.74 Å². The molecule has 8 rings (SSSR count). The number of carbonyl (C=O) groups excluding carboxylic acids is 2. The Kier molecular flexibility index (Phi) is 10.3. The number of hydrogen-bond acceptors (Lipinski definition) is 8. The third-order valence-electron chi connectivity index (χ3n) is 10.5. The Morgan fingerprint density at radius 3 is 2.29 bits per heavy atom. The molecule has 3 aromatic carbocycles. The molecular formula is C38H43N3O7S. The van der Waals surface area contributed by atoms with E-state index in [1.54, 1.807) is 36.7 Å². The first-order valence-electron chi connectivity index (χ1n) is 17.1. The first-order chi connectivity index (χ1) is 23.6. The van der Waals surface area contributed by atoms with Gasteiger partial charge in [-0.1, -0.05) is 86.3 Å². The van der Waals surface area contributed by atoms with E-state index in [-0.39, 0.29) is 18.0 Å². The maximum absolute atomic E-state index is 13.9. The number of anilines is 1. The van der Waals surface area contributed by atoms with Crippen LogP contribution in [-0.2, 0) is 29.9 Å². The molecule has 1 atom stereocenters. The Bertz CT molecular complexity index is 1870. The Balaban J connectivity index is 0.000000232. The molecular weight excluding hydrogens is 642 g/mol. The Hall–Kier alpha value is -4.32. The number of aromatic nitrogens is 1. The summed E-state index contributed by atoms with van der Waals surface area (Å²) < 4.78 is 39.5. The number of quaternary nitrogens is 1. The number of rotatable bonds is 7. The molecule has 4 aliphatic rings. The number of benzene rings is 3. The van der Waals surface area contributed by atoms with Crippen LogP contribution < -0.4 is 5.32 Å². The maximum atomic E-state index is 13.9. The van der Waals surface area contributed by atoms with Crippen molar-refractivity contribution in [3.05, 3.63) is 96.8 Å². The Labute approximate surface area is 287 Å². The van der Waals surface area contributed by atoms with Gasteiger partial charge in [0.05, 0.1) is 35.3 Å². The zero-order valence-electron chi connectivity index (χ0n) is 27.5. The fourth-order valence-electron chi connectivity index (χ4n) is 7.91. The molecule has 4 aromatic rings. The van der Waals surface area contributed by atoms with Crippen LogP contribution in [0.15, 0.2) is 96.2 Å². The highest BCUT2D eigenvalue weighted by Gasteiger charge is 2.51. The number of nitrogens with one attached hydrogen (secondary N) is 1. The molecule has 1 saturated carbocycles. The van der Waals surface area contributed by atoms with Crippen molar-refractivity contribution in [2.75, 3.05) is 31.5 Å². The smallest absolute Gasteiger partial charge is 0.317 e. The largest absolute Gasteiger partial charge is 0.744 e. The molecule has 0 radical (unpaired) electrons. The van der Waals surface area contributed by atoms with Crippen molar-refractivity contribution in [3.63, 3.8) is 0 Å². The average molecular weight is 686 g/mol. The topological polar surface area (TPSA) is 146 Å². The first kappa shape index (κ1) is 34.5. The van der Waals surface area contributed by atoms with Crippen LogP contribution in [0.5, 0.6) is 5.75 Å². The van der Waals surface area contributed by atoms with Gasteiger partial charge in [0.25, 0.3) is 5.91 Å².